The van der Waals surface area contributed by atoms with E-state index in [0.717, 1.165) is 18.1 Å². The molecule has 0 saturated carbocycles. The number of rotatable bonds is 4. The molecule has 17 heavy (non-hydrogen) atoms. The van der Waals surface area contributed by atoms with Gasteiger partial charge >= 0.3 is 0 Å². The number of hydrogen-bond acceptors (Lipinski definition) is 2. The molecule has 3 heteroatoms. The predicted octanol–water partition coefficient (Wildman–Crippen LogP) is 2.77. The molecule has 0 aromatic heterocycles. The lowest BCUT2D eigenvalue weighted by Crippen LogP contribution is -2.32. The highest BCUT2D eigenvalue weighted by Gasteiger charge is 2.32. The van der Waals surface area contributed by atoms with Gasteiger partial charge in [-0.05, 0) is 43.1 Å². The Labute approximate surface area is 109 Å². The van der Waals surface area contributed by atoms with Crippen LogP contribution >= 0.6 is 11.6 Å². The van der Waals surface area contributed by atoms with Crippen LogP contribution in [0.5, 0.6) is 0 Å². The third-order valence-electron chi connectivity index (χ3n) is 3.56. The Balaban J connectivity index is 1.91. The fourth-order valence-corrected chi connectivity index (χ4v) is 2.81. The maximum Gasteiger partial charge on any atom is 0.0406 e. The Morgan fingerprint density at radius 1 is 1.35 bits per heavy atom. The number of nitrogens with zero attached hydrogens (tertiary/aromatic N) is 1. The number of likely N-dealkylation sites (tertiary alicyclic amines) is 1. The van der Waals surface area contributed by atoms with E-state index in [0.29, 0.717) is 5.41 Å². The van der Waals surface area contributed by atoms with E-state index in [1.165, 1.54) is 25.1 Å². The van der Waals surface area contributed by atoms with Gasteiger partial charge in [-0.1, -0.05) is 30.7 Å². The van der Waals surface area contributed by atoms with E-state index in [1.807, 2.05) is 19.2 Å². The molecule has 2 rings (SSSR count). The van der Waals surface area contributed by atoms with Gasteiger partial charge < -0.3 is 5.32 Å². The minimum absolute atomic E-state index is 0.432. The molecule has 0 aliphatic carbocycles. The normalized spacial score (nSPS) is 25.4. The maximum atomic E-state index is 5.89. The largest absolute Gasteiger partial charge is 0.319 e. The van der Waals surface area contributed by atoms with E-state index in [2.05, 4.69) is 29.3 Å². The number of benzene rings is 1. The Morgan fingerprint density at radius 2 is 2.06 bits per heavy atom. The molecule has 1 aliphatic heterocycles. The van der Waals surface area contributed by atoms with Crippen LogP contribution in [0.2, 0.25) is 5.02 Å². The lowest BCUT2D eigenvalue weighted by molar-refractivity contribution is 0.265. The van der Waals surface area contributed by atoms with Crippen molar-refractivity contribution in [1.82, 2.24) is 10.2 Å². The van der Waals surface area contributed by atoms with Gasteiger partial charge in [0, 0.05) is 24.7 Å². The van der Waals surface area contributed by atoms with Crippen molar-refractivity contribution in [2.24, 2.45) is 5.41 Å². The molecule has 1 aliphatic rings. The first kappa shape index (κ1) is 12.9. The van der Waals surface area contributed by atoms with E-state index in [9.17, 15) is 0 Å². The molecule has 1 N–H and O–H groups in total. The lowest BCUT2D eigenvalue weighted by Gasteiger charge is -2.24. The summed E-state index contributed by atoms with van der Waals surface area (Å²) in [5, 5.41) is 4.11. The van der Waals surface area contributed by atoms with E-state index >= 15 is 0 Å². The van der Waals surface area contributed by atoms with Crippen LogP contribution in [0.3, 0.4) is 0 Å². The number of nitrogens with one attached hydrogen (secondary N) is 1. The molecule has 2 nitrogen and oxygen atoms in total. The van der Waals surface area contributed by atoms with Crippen molar-refractivity contribution >= 4 is 11.6 Å². The Hall–Kier alpha value is -0.570. The average molecular weight is 253 g/mol. The van der Waals surface area contributed by atoms with E-state index in [1.54, 1.807) is 0 Å². The maximum absolute atomic E-state index is 5.89. The smallest absolute Gasteiger partial charge is 0.0406 e. The summed E-state index contributed by atoms with van der Waals surface area (Å²) in [5.74, 6) is 0. The quantitative estimate of drug-likeness (QED) is 0.887. The summed E-state index contributed by atoms with van der Waals surface area (Å²) in [6.07, 6.45) is 1.28. The molecule has 1 aromatic rings. The van der Waals surface area contributed by atoms with Crippen molar-refractivity contribution in [3.8, 4) is 0 Å². The standard InChI is InChI=1S/C14H21ClN2/c1-14(10-16-2)7-8-17(11-14)9-12-3-5-13(15)6-4-12/h3-6,16H,7-11H2,1-2H3. The van der Waals surface area contributed by atoms with Gasteiger partial charge in [-0.2, -0.15) is 0 Å². The molecule has 1 unspecified atom stereocenters. The van der Waals surface area contributed by atoms with E-state index < -0.39 is 0 Å². The van der Waals surface area contributed by atoms with Crippen molar-refractivity contribution in [3.63, 3.8) is 0 Å². The summed E-state index contributed by atoms with van der Waals surface area (Å²) >= 11 is 5.89. The third kappa shape index (κ3) is 3.44. The highest BCUT2D eigenvalue weighted by molar-refractivity contribution is 6.30. The Bertz CT molecular complexity index is 363. The van der Waals surface area contributed by atoms with Crippen LogP contribution in [0, 0.1) is 5.41 Å². The van der Waals surface area contributed by atoms with Gasteiger partial charge in [0.05, 0.1) is 0 Å². The molecular weight excluding hydrogens is 232 g/mol. The summed E-state index contributed by atoms with van der Waals surface area (Å²) in [4.78, 5) is 2.53. The summed E-state index contributed by atoms with van der Waals surface area (Å²) in [5.41, 5.74) is 1.78. The zero-order valence-corrected chi connectivity index (χ0v) is 11.4. The van der Waals surface area contributed by atoms with Crippen LogP contribution < -0.4 is 5.32 Å². The highest BCUT2D eigenvalue weighted by Crippen LogP contribution is 2.30. The van der Waals surface area contributed by atoms with Crippen LogP contribution in [0.1, 0.15) is 18.9 Å². The van der Waals surface area contributed by atoms with Gasteiger partial charge in [0.2, 0.25) is 0 Å². The van der Waals surface area contributed by atoms with Gasteiger partial charge in [0.15, 0.2) is 0 Å². The number of hydrogen-bond donors (Lipinski definition) is 1. The molecule has 1 fully saturated rings. The van der Waals surface area contributed by atoms with Gasteiger partial charge in [0.1, 0.15) is 0 Å². The van der Waals surface area contributed by atoms with Crippen molar-refractivity contribution in [3.05, 3.63) is 34.9 Å². The first-order valence-corrected chi connectivity index (χ1v) is 6.60. The zero-order valence-electron chi connectivity index (χ0n) is 10.7. The van der Waals surface area contributed by atoms with Crippen LogP contribution in [0.25, 0.3) is 0 Å². The van der Waals surface area contributed by atoms with Crippen LogP contribution in [-0.2, 0) is 6.54 Å². The topological polar surface area (TPSA) is 15.3 Å². The number of halogens is 1. The molecule has 0 amide bonds. The predicted molar refractivity (Wildman–Crippen MR) is 73.4 cm³/mol. The second kappa shape index (κ2) is 5.38. The monoisotopic (exact) mass is 252 g/mol. The Kier molecular flexibility index (Phi) is 4.08. The average Bonchev–Trinajstić information content (AvgIpc) is 2.64. The molecule has 1 saturated heterocycles. The molecule has 94 valence electrons. The van der Waals surface area contributed by atoms with Crippen molar-refractivity contribution in [2.75, 3.05) is 26.7 Å². The Morgan fingerprint density at radius 3 is 2.71 bits per heavy atom. The van der Waals surface area contributed by atoms with Crippen molar-refractivity contribution in [1.29, 1.82) is 0 Å². The fraction of sp³-hybridized carbons (Fsp3) is 0.571. The van der Waals surface area contributed by atoms with Crippen molar-refractivity contribution < 1.29 is 0 Å². The molecular formula is C14H21ClN2. The van der Waals surface area contributed by atoms with Gasteiger partial charge in [-0.3, -0.25) is 4.90 Å². The summed E-state index contributed by atoms with van der Waals surface area (Å²) in [6, 6.07) is 8.19. The highest BCUT2D eigenvalue weighted by atomic mass is 35.5. The minimum Gasteiger partial charge on any atom is -0.319 e. The molecule has 1 atom stereocenters. The fourth-order valence-electron chi connectivity index (χ4n) is 2.68. The van der Waals surface area contributed by atoms with Gasteiger partial charge in [0.25, 0.3) is 0 Å². The second-order valence-corrected chi connectivity index (χ2v) is 5.86. The van der Waals surface area contributed by atoms with Crippen LogP contribution in [-0.4, -0.2) is 31.6 Å². The summed E-state index contributed by atoms with van der Waals surface area (Å²) in [7, 11) is 2.03. The van der Waals surface area contributed by atoms with Gasteiger partial charge in [-0.15, -0.1) is 0 Å². The summed E-state index contributed by atoms with van der Waals surface area (Å²) in [6.45, 7) is 6.88. The third-order valence-corrected chi connectivity index (χ3v) is 3.81. The molecule has 1 aromatic carbocycles. The van der Waals surface area contributed by atoms with Gasteiger partial charge in [-0.25, -0.2) is 0 Å². The molecule has 1 heterocycles. The minimum atomic E-state index is 0.432. The lowest BCUT2D eigenvalue weighted by atomic mass is 9.90. The molecule has 0 radical (unpaired) electrons. The first-order valence-electron chi connectivity index (χ1n) is 6.23. The summed E-state index contributed by atoms with van der Waals surface area (Å²) < 4.78 is 0. The molecule has 0 bridgehead atoms. The molecule has 0 spiro atoms. The SMILES string of the molecule is CNCC1(C)CCN(Cc2ccc(Cl)cc2)C1. The second-order valence-electron chi connectivity index (χ2n) is 5.43. The van der Waals surface area contributed by atoms with E-state index in [-0.39, 0.29) is 0 Å². The van der Waals surface area contributed by atoms with E-state index in [4.69, 9.17) is 11.6 Å². The zero-order chi connectivity index (χ0) is 12.3. The van der Waals surface area contributed by atoms with Crippen LogP contribution in [0.4, 0.5) is 0 Å². The first-order chi connectivity index (χ1) is 8.11. The van der Waals surface area contributed by atoms with Crippen LogP contribution in [0.15, 0.2) is 24.3 Å². The van der Waals surface area contributed by atoms with Crippen molar-refractivity contribution in [2.45, 2.75) is 19.9 Å².